The van der Waals surface area contributed by atoms with Gasteiger partial charge in [-0.3, -0.25) is 4.79 Å². The molecule has 0 saturated heterocycles. The number of carbonyl (C=O) groups is 3. The summed E-state index contributed by atoms with van der Waals surface area (Å²) in [4.78, 5) is 30.7. The van der Waals surface area contributed by atoms with Crippen LogP contribution in [0.5, 0.6) is 0 Å². The van der Waals surface area contributed by atoms with Crippen molar-refractivity contribution in [3.8, 4) is 0 Å². The highest BCUT2D eigenvalue weighted by Crippen LogP contribution is 2.07. The Morgan fingerprint density at radius 1 is 1.00 bits per heavy atom. The molecule has 0 rings (SSSR count). The zero-order valence-corrected chi connectivity index (χ0v) is 7.27. The maximum absolute atomic E-state index is 10.4. The normalized spacial score (nSPS) is 11.0. The first-order chi connectivity index (χ1) is 6.43. The van der Waals surface area contributed by atoms with Crippen molar-refractivity contribution in [1.82, 2.24) is 0 Å². The molecule has 0 heterocycles. The first-order valence-electron chi connectivity index (χ1n) is 3.82. The van der Waals surface area contributed by atoms with Gasteiger partial charge < -0.3 is 15.3 Å². The Bertz CT molecular complexity index is 278. The van der Waals surface area contributed by atoms with Crippen LogP contribution in [0.3, 0.4) is 0 Å². The maximum Gasteiger partial charge on any atom is 0.331 e. The smallest absolute Gasteiger partial charge is 0.331 e. The van der Waals surface area contributed by atoms with E-state index in [0.29, 0.717) is 6.08 Å². The minimum absolute atomic E-state index is 0.0616. The van der Waals surface area contributed by atoms with Gasteiger partial charge in [-0.1, -0.05) is 0 Å². The highest BCUT2D eigenvalue weighted by atomic mass is 16.4. The summed E-state index contributed by atoms with van der Waals surface area (Å²) in [5.41, 5.74) is -0.293. The molecule has 0 aliphatic carbocycles. The van der Waals surface area contributed by atoms with Gasteiger partial charge in [0, 0.05) is 18.1 Å². The third-order valence-corrected chi connectivity index (χ3v) is 1.41. The van der Waals surface area contributed by atoms with Crippen molar-refractivity contribution >= 4 is 17.9 Å². The molecule has 3 N–H and O–H groups in total. The monoisotopic (exact) mass is 202 g/mol. The fraction of sp³-hybridized carbons (Fsp3) is 0.375. The van der Waals surface area contributed by atoms with E-state index in [2.05, 4.69) is 0 Å². The van der Waals surface area contributed by atoms with Gasteiger partial charge in [-0.05, 0) is 12.8 Å². The summed E-state index contributed by atoms with van der Waals surface area (Å²) in [6, 6.07) is 0. The minimum Gasteiger partial charge on any atom is -0.481 e. The van der Waals surface area contributed by atoms with Gasteiger partial charge in [-0.2, -0.15) is 0 Å². The topological polar surface area (TPSA) is 112 Å². The van der Waals surface area contributed by atoms with Crippen molar-refractivity contribution in [3.05, 3.63) is 11.6 Å². The molecule has 6 heteroatoms. The van der Waals surface area contributed by atoms with Crippen LogP contribution in [-0.2, 0) is 14.4 Å². The molecule has 14 heavy (non-hydrogen) atoms. The van der Waals surface area contributed by atoms with Gasteiger partial charge >= 0.3 is 17.9 Å². The second kappa shape index (κ2) is 5.74. The molecule has 0 amide bonds. The van der Waals surface area contributed by atoms with E-state index < -0.39 is 17.9 Å². The quantitative estimate of drug-likeness (QED) is 0.535. The largest absolute Gasteiger partial charge is 0.481 e. The lowest BCUT2D eigenvalue weighted by Crippen LogP contribution is -2.05. The van der Waals surface area contributed by atoms with Gasteiger partial charge in [0.05, 0.1) is 0 Å². The van der Waals surface area contributed by atoms with Crippen molar-refractivity contribution in [2.24, 2.45) is 0 Å². The average Bonchev–Trinajstić information content (AvgIpc) is 2.00. The maximum atomic E-state index is 10.4. The number of carboxylic acid groups (broad SMARTS) is 3. The van der Waals surface area contributed by atoms with Crippen LogP contribution >= 0.6 is 0 Å². The Balaban J connectivity index is 4.19. The molecular formula is C8H10O6. The lowest BCUT2D eigenvalue weighted by Gasteiger charge is -1.98. The van der Waals surface area contributed by atoms with E-state index in [-0.39, 0.29) is 24.8 Å². The Labute approximate surface area is 79.5 Å². The van der Waals surface area contributed by atoms with Gasteiger partial charge in [-0.15, -0.1) is 0 Å². The lowest BCUT2D eigenvalue weighted by molar-refractivity contribution is -0.137. The van der Waals surface area contributed by atoms with Crippen molar-refractivity contribution < 1.29 is 29.7 Å². The van der Waals surface area contributed by atoms with E-state index in [4.69, 9.17) is 15.3 Å². The Morgan fingerprint density at radius 3 is 1.93 bits per heavy atom. The van der Waals surface area contributed by atoms with Gasteiger partial charge in [0.2, 0.25) is 0 Å². The molecule has 0 atom stereocenters. The van der Waals surface area contributed by atoms with Crippen molar-refractivity contribution in [2.45, 2.75) is 19.3 Å². The lowest BCUT2D eigenvalue weighted by atomic mass is 10.1. The molecule has 6 nitrogen and oxygen atoms in total. The SMILES string of the molecule is O=C(O)/C=C(/CCCC(=O)O)C(=O)O. The predicted molar refractivity (Wildman–Crippen MR) is 44.8 cm³/mol. The van der Waals surface area contributed by atoms with Crippen LogP contribution in [-0.4, -0.2) is 33.2 Å². The molecule has 0 spiro atoms. The van der Waals surface area contributed by atoms with Gasteiger partial charge in [0.25, 0.3) is 0 Å². The molecule has 0 saturated carbocycles. The zero-order valence-electron chi connectivity index (χ0n) is 7.27. The number of hydrogen-bond acceptors (Lipinski definition) is 3. The molecule has 0 fully saturated rings. The molecule has 0 aromatic heterocycles. The molecule has 0 bridgehead atoms. The van der Waals surface area contributed by atoms with E-state index >= 15 is 0 Å². The molecule has 0 unspecified atom stereocenters. The van der Waals surface area contributed by atoms with Crippen LogP contribution in [0.25, 0.3) is 0 Å². The number of aliphatic carboxylic acids is 3. The van der Waals surface area contributed by atoms with Crippen molar-refractivity contribution in [3.63, 3.8) is 0 Å². The van der Waals surface area contributed by atoms with E-state index in [0.717, 1.165) is 0 Å². The highest BCUT2D eigenvalue weighted by Gasteiger charge is 2.09. The predicted octanol–water partition coefficient (Wildman–Crippen LogP) is 0.337. The van der Waals surface area contributed by atoms with Gasteiger partial charge in [0.1, 0.15) is 0 Å². The highest BCUT2D eigenvalue weighted by molar-refractivity contribution is 5.94. The summed E-state index contributed by atoms with van der Waals surface area (Å²) in [6.45, 7) is 0. The van der Waals surface area contributed by atoms with E-state index in [1.807, 2.05) is 0 Å². The summed E-state index contributed by atoms with van der Waals surface area (Å²) in [6.07, 6.45) is 0.448. The zero-order chi connectivity index (χ0) is 11.1. The van der Waals surface area contributed by atoms with E-state index in [1.54, 1.807) is 0 Å². The first-order valence-corrected chi connectivity index (χ1v) is 3.82. The van der Waals surface area contributed by atoms with Gasteiger partial charge in [-0.25, -0.2) is 9.59 Å². The minimum atomic E-state index is -1.35. The third kappa shape index (κ3) is 5.76. The summed E-state index contributed by atoms with van der Waals surface area (Å²) >= 11 is 0. The first kappa shape index (κ1) is 12.2. The summed E-state index contributed by atoms with van der Waals surface area (Å²) in [5.74, 6) is -3.72. The van der Waals surface area contributed by atoms with Crippen LogP contribution in [0.15, 0.2) is 11.6 Å². The molecule has 78 valence electrons. The fourth-order valence-electron chi connectivity index (χ4n) is 0.820. The van der Waals surface area contributed by atoms with Crippen LogP contribution in [0.2, 0.25) is 0 Å². The summed E-state index contributed by atoms with van der Waals surface area (Å²) < 4.78 is 0. The molecule has 0 aromatic rings. The molecule has 0 radical (unpaired) electrons. The van der Waals surface area contributed by atoms with Crippen LogP contribution in [0.4, 0.5) is 0 Å². The van der Waals surface area contributed by atoms with Crippen molar-refractivity contribution in [1.29, 1.82) is 0 Å². The van der Waals surface area contributed by atoms with E-state index in [1.165, 1.54) is 0 Å². The number of rotatable bonds is 6. The van der Waals surface area contributed by atoms with Crippen molar-refractivity contribution in [2.75, 3.05) is 0 Å². The second-order valence-corrected chi connectivity index (χ2v) is 2.56. The molecule has 0 aliphatic rings. The number of hydrogen-bond donors (Lipinski definition) is 3. The second-order valence-electron chi connectivity index (χ2n) is 2.56. The van der Waals surface area contributed by atoms with Crippen LogP contribution in [0, 0.1) is 0 Å². The fourth-order valence-corrected chi connectivity index (χ4v) is 0.820. The standard InChI is InChI=1S/C8H10O6/c9-6(10)3-1-2-5(8(13)14)4-7(11)12/h4H,1-3H2,(H,9,10)(H,11,12)(H,13,14)/b5-4-. The summed E-state index contributed by atoms with van der Waals surface area (Å²) in [5, 5.41) is 25.1. The van der Waals surface area contributed by atoms with Crippen LogP contribution in [0.1, 0.15) is 19.3 Å². The Hall–Kier alpha value is -1.85. The Kier molecular flexibility index (Phi) is 4.98. The number of carboxylic acids is 3. The average molecular weight is 202 g/mol. The van der Waals surface area contributed by atoms with Crippen LogP contribution < -0.4 is 0 Å². The Morgan fingerprint density at radius 2 is 1.57 bits per heavy atom. The summed E-state index contributed by atoms with van der Waals surface area (Å²) in [7, 11) is 0. The molecule has 0 aliphatic heterocycles. The molecule has 0 aromatic carbocycles. The third-order valence-electron chi connectivity index (χ3n) is 1.41. The van der Waals surface area contributed by atoms with Gasteiger partial charge in [0.15, 0.2) is 0 Å². The van der Waals surface area contributed by atoms with E-state index in [9.17, 15) is 14.4 Å². The molecular weight excluding hydrogens is 192 g/mol.